The number of halogens is 2. The predicted octanol–water partition coefficient (Wildman–Crippen LogP) is 4.81. The van der Waals surface area contributed by atoms with Crippen molar-refractivity contribution in [2.45, 2.75) is 20.4 Å². The van der Waals surface area contributed by atoms with Crippen LogP contribution in [0.3, 0.4) is 0 Å². The molecule has 4 rings (SSSR count). The Morgan fingerprint density at radius 3 is 2.05 bits per heavy atom. The SMILES string of the molecule is CCO.CCO.CNc1ccnc(Nc2ccc(CN3CCN(C)CC3)cn2)c1.O=Cc1c(Cl)cccc1Cl. The lowest BCUT2D eigenvalue weighted by atomic mass is 10.2. The van der Waals surface area contributed by atoms with Gasteiger partial charge in [-0.15, -0.1) is 0 Å². The van der Waals surface area contributed by atoms with Crippen LogP contribution in [0.2, 0.25) is 10.0 Å². The Morgan fingerprint density at radius 1 is 0.949 bits per heavy atom. The summed E-state index contributed by atoms with van der Waals surface area (Å²) in [5.74, 6) is 1.60. The summed E-state index contributed by atoms with van der Waals surface area (Å²) in [5, 5.41) is 22.3. The molecule has 0 spiro atoms. The van der Waals surface area contributed by atoms with Gasteiger partial charge < -0.3 is 25.7 Å². The van der Waals surface area contributed by atoms with E-state index >= 15 is 0 Å². The molecule has 1 aliphatic heterocycles. The summed E-state index contributed by atoms with van der Waals surface area (Å²) in [7, 11) is 4.07. The molecule has 3 heterocycles. The minimum absolute atomic E-state index is 0.250. The average molecular weight is 580 g/mol. The molecular weight excluding hydrogens is 539 g/mol. The third-order valence-electron chi connectivity index (χ3n) is 5.25. The number of nitrogens with one attached hydrogen (secondary N) is 2. The Labute approximate surface area is 241 Å². The van der Waals surface area contributed by atoms with Crippen molar-refractivity contribution >= 4 is 46.8 Å². The molecule has 0 radical (unpaired) electrons. The van der Waals surface area contributed by atoms with Gasteiger partial charge in [-0.3, -0.25) is 9.69 Å². The molecule has 9 nitrogen and oxygen atoms in total. The van der Waals surface area contributed by atoms with Gasteiger partial charge in [0.15, 0.2) is 6.29 Å². The van der Waals surface area contributed by atoms with Gasteiger partial charge in [-0.2, -0.15) is 0 Å². The molecule has 1 saturated heterocycles. The molecule has 4 N–H and O–H groups in total. The summed E-state index contributed by atoms with van der Waals surface area (Å²) < 4.78 is 0. The smallest absolute Gasteiger partial charge is 0.153 e. The highest BCUT2D eigenvalue weighted by Crippen LogP contribution is 2.21. The normalized spacial score (nSPS) is 12.9. The number of aromatic nitrogens is 2. The zero-order chi connectivity index (χ0) is 29.0. The van der Waals surface area contributed by atoms with Crippen LogP contribution in [-0.4, -0.2) is 89.8 Å². The Kier molecular flexibility index (Phi) is 17.7. The monoisotopic (exact) mass is 578 g/mol. The molecule has 0 atom stereocenters. The highest BCUT2D eigenvalue weighted by molar-refractivity contribution is 6.38. The van der Waals surface area contributed by atoms with Gasteiger partial charge in [-0.05, 0) is 50.7 Å². The van der Waals surface area contributed by atoms with Crippen LogP contribution < -0.4 is 10.6 Å². The summed E-state index contributed by atoms with van der Waals surface area (Å²) in [4.78, 5) is 23.9. The van der Waals surface area contributed by atoms with Crippen molar-refractivity contribution in [3.63, 3.8) is 0 Å². The minimum atomic E-state index is 0.250. The predicted molar refractivity (Wildman–Crippen MR) is 161 cm³/mol. The standard InChI is InChI=1S/C17H24N6.C7H4Cl2O.2C2H6O/c1-18-15-5-6-19-17(11-15)21-16-4-3-14(12-20-16)13-23-9-7-22(2)8-10-23;8-6-2-1-3-7(9)5(6)4-10;2*1-2-3/h3-6,11-12H,7-10,13H2,1-2H3,(H2,18,19,20,21);1-4H;2*3H,2H2,1H3. The number of aliphatic hydroxyl groups is 2. The molecule has 0 aliphatic carbocycles. The van der Waals surface area contributed by atoms with E-state index in [0.29, 0.717) is 21.9 Å². The van der Waals surface area contributed by atoms with Crippen molar-refractivity contribution in [3.8, 4) is 0 Å². The number of nitrogens with zero attached hydrogens (tertiary/aromatic N) is 4. The molecule has 2 aromatic heterocycles. The Hall–Kier alpha value is -2.79. The van der Waals surface area contributed by atoms with E-state index in [2.05, 4.69) is 43.5 Å². The zero-order valence-corrected chi connectivity index (χ0v) is 24.6. The first kappa shape index (κ1) is 34.2. The summed E-state index contributed by atoms with van der Waals surface area (Å²) in [6, 6.07) is 13.0. The highest BCUT2D eigenvalue weighted by Gasteiger charge is 2.13. The Morgan fingerprint density at radius 2 is 1.56 bits per heavy atom. The highest BCUT2D eigenvalue weighted by atomic mass is 35.5. The maximum atomic E-state index is 10.3. The van der Waals surface area contributed by atoms with E-state index in [1.54, 1.807) is 38.2 Å². The first-order chi connectivity index (χ1) is 18.8. The number of carbonyl (C=O) groups excluding carboxylic acids is 1. The Bertz CT molecular complexity index is 1060. The first-order valence-electron chi connectivity index (χ1n) is 12.7. The first-order valence-corrected chi connectivity index (χ1v) is 13.4. The maximum Gasteiger partial charge on any atom is 0.153 e. The van der Waals surface area contributed by atoms with E-state index in [-0.39, 0.29) is 13.2 Å². The van der Waals surface area contributed by atoms with Gasteiger partial charge in [0.2, 0.25) is 0 Å². The fourth-order valence-corrected chi connectivity index (χ4v) is 3.75. The van der Waals surface area contributed by atoms with Crippen LogP contribution in [0.15, 0.2) is 54.9 Å². The molecule has 0 amide bonds. The number of likely N-dealkylation sites (N-methyl/N-ethyl adjacent to an activating group) is 1. The number of carbonyl (C=O) groups is 1. The van der Waals surface area contributed by atoms with Crippen molar-refractivity contribution in [3.05, 3.63) is 76.0 Å². The zero-order valence-electron chi connectivity index (χ0n) is 23.1. The average Bonchev–Trinajstić information content (AvgIpc) is 2.93. The van der Waals surface area contributed by atoms with Crippen LogP contribution in [-0.2, 0) is 6.54 Å². The molecule has 0 bridgehead atoms. The van der Waals surface area contributed by atoms with Crippen LogP contribution in [0.25, 0.3) is 0 Å². The number of aliphatic hydroxyl groups excluding tert-OH is 2. The van der Waals surface area contributed by atoms with Gasteiger partial charge in [-0.25, -0.2) is 9.97 Å². The number of rotatable bonds is 6. The van der Waals surface area contributed by atoms with Gasteiger partial charge in [0.25, 0.3) is 0 Å². The van der Waals surface area contributed by atoms with Crippen molar-refractivity contribution < 1.29 is 15.0 Å². The number of benzene rings is 1. The number of hydrogen-bond donors (Lipinski definition) is 4. The van der Waals surface area contributed by atoms with Gasteiger partial charge >= 0.3 is 0 Å². The molecule has 1 aliphatic rings. The lowest BCUT2D eigenvalue weighted by Gasteiger charge is -2.32. The molecule has 39 heavy (non-hydrogen) atoms. The molecule has 1 aromatic carbocycles. The number of aldehydes is 1. The quantitative estimate of drug-likeness (QED) is 0.306. The lowest BCUT2D eigenvalue weighted by molar-refractivity contribution is 0.112. The molecule has 11 heteroatoms. The molecule has 214 valence electrons. The van der Waals surface area contributed by atoms with Crippen LogP contribution in [0.4, 0.5) is 17.3 Å². The molecular formula is C28H40Cl2N6O3. The number of hydrogen-bond acceptors (Lipinski definition) is 9. The van der Waals surface area contributed by atoms with E-state index < -0.39 is 0 Å². The number of pyridine rings is 2. The minimum Gasteiger partial charge on any atom is -0.397 e. The second-order valence-corrected chi connectivity index (χ2v) is 9.14. The van der Waals surface area contributed by atoms with Crippen molar-refractivity contribution in [2.75, 3.05) is 64.1 Å². The van der Waals surface area contributed by atoms with Gasteiger partial charge in [-0.1, -0.05) is 35.3 Å². The largest absolute Gasteiger partial charge is 0.397 e. The number of anilines is 3. The van der Waals surface area contributed by atoms with E-state index in [0.717, 1.165) is 50.0 Å². The molecule has 3 aromatic rings. The van der Waals surface area contributed by atoms with Crippen molar-refractivity contribution in [1.82, 2.24) is 19.8 Å². The maximum absolute atomic E-state index is 10.3. The third kappa shape index (κ3) is 13.7. The van der Waals surface area contributed by atoms with Gasteiger partial charge in [0.1, 0.15) is 11.6 Å². The van der Waals surface area contributed by atoms with Crippen LogP contribution >= 0.6 is 23.2 Å². The molecule has 1 fully saturated rings. The van der Waals surface area contributed by atoms with Gasteiger partial charge in [0, 0.05) is 77.1 Å². The summed E-state index contributed by atoms with van der Waals surface area (Å²) in [6.07, 6.45) is 4.36. The van der Waals surface area contributed by atoms with E-state index in [1.807, 2.05) is 31.4 Å². The fourth-order valence-electron chi connectivity index (χ4n) is 3.27. The van der Waals surface area contributed by atoms with Crippen molar-refractivity contribution in [1.29, 1.82) is 0 Å². The summed E-state index contributed by atoms with van der Waals surface area (Å²) >= 11 is 11.2. The van der Waals surface area contributed by atoms with Crippen LogP contribution in [0.5, 0.6) is 0 Å². The van der Waals surface area contributed by atoms with Crippen LogP contribution in [0, 0.1) is 0 Å². The summed E-state index contributed by atoms with van der Waals surface area (Å²) in [5.41, 5.74) is 2.62. The number of piperazine rings is 1. The second kappa shape index (κ2) is 20.2. The molecule has 0 saturated carbocycles. The second-order valence-electron chi connectivity index (χ2n) is 8.32. The van der Waals surface area contributed by atoms with Gasteiger partial charge in [0.05, 0.1) is 15.6 Å². The summed E-state index contributed by atoms with van der Waals surface area (Å²) in [6.45, 7) is 9.35. The van der Waals surface area contributed by atoms with Crippen LogP contribution in [0.1, 0.15) is 29.8 Å². The fraction of sp³-hybridized carbons (Fsp3) is 0.393. The Balaban J connectivity index is 0.000000394. The molecule has 0 unspecified atom stereocenters. The van der Waals surface area contributed by atoms with E-state index in [1.165, 1.54) is 5.56 Å². The van der Waals surface area contributed by atoms with E-state index in [9.17, 15) is 4.79 Å². The van der Waals surface area contributed by atoms with Crippen molar-refractivity contribution in [2.24, 2.45) is 0 Å². The lowest BCUT2D eigenvalue weighted by Crippen LogP contribution is -2.43. The topological polar surface area (TPSA) is 114 Å². The van der Waals surface area contributed by atoms with E-state index in [4.69, 9.17) is 33.4 Å². The third-order valence-corrected chi connectivity index (χ3v) is 5.91.